The van der Waals surface area contributed by atoms with Crippen LogP contribution in [0.5, 0.6) is 0 Å². The Morgan fingerprint density at radius 1 is 1.45 bits per heavy atom. The molecule has 0 aromatic carbocycles. The summed E-state index contributed by atoms with van der Waals surface area (Å²) in [4.78, 5) is 11.2. The number of aryl methyl sites for hydroxylation is 1. The molecular formula is C7H8N4. The number of nitrogens with zero attached hydrogens (tertiary/aromatic N) is 2. The molecule has 0 saturated heterocycles. The molecule has 0 aliphatic carbocycles. The van der Waals surface area contributed by atoms with E-state index in [1.807, 2.05) is 6.92 Å². The zero-order valence-electron chi connectivity index (χ0n) is 6.13. The highest BCUT2D eigenvalue weighted by molar-refractivity contribution is 5.85. The zero-order valence-corrected chi connectivity index (χ0v) is 6.13. The van der Waals surface area contributed by atoms with E-state index in [1.54, 1.807) is 12.4 Å². The number of pyridine rings is 1. The van der Waals surface area contributed by atoms with Gasteiger partial charge in [0.15, 0.2) is 0 Å². The number of fused-ring (bicyclic) bond motifs is 1. The molecule has 0 saturated carbocycles. The van der Waals surface area contributed by atoms with E-state index < -0.39 is 0 Å². The highest BCUT2D eigenvalue weighted by atomic mass is 14.9. The molecule has 4 heteroatoms. The number of nitrogens with two attached hydrogens (primary N) is 1. The molecule has 0 radical (unpaired) electrons. The van der Waals surface area contributed by atoms with Crippen molar-refractivity contribution < 1.29 is 0 Å². The number of hydrogen-bond acceptors (Lipinski definition) is 3. The van der Waals surface area contributed by atoms with Gasteiger partial charge >= 0.3 is 0 Å². The molecule has 2 rings (SSSR count). The maximum absolute atomic E-state index is 5.62. The van der Waals surface area contributed by atoms with Gasteiger partial charge in [-0.15, -0.1) is 0 Å². The number of rotatable bonds is 0. The first-order valence-corrected chi connectivity index (χ1v) is 3.33. The van der Waals surface area contributed by atoms with E-state index in [2.05, 4.69) is 15.0 Å². The highest BCUT2D eigenvalue weighted by Crippen LogP contribution is 2.15. The zero-order chi connectivity index (χ0) is 7.84. The molecule has 0 amide bonds. The lowest BCUT2D eigenvalue weighted by Crippen LogP contribution is -1.87. The normalized spacial score (nSPS) is 10.6. The first-order valence-electron chi connectivity index (χ1n) is 3.33. The van der Waals surface area contributed by atoms with Crippen molar-refractivity contribution in [3.05, 3.63) is 18.2 Å². The molecule has 11 heavy (non-hydrogen) atoms. The Bertz CT molecular complexity index is 390. The first kappa shape index (κ1) is 6.15. The third kappa shape index (κ3) is 0.832. The predicted octanol–water partition coefficient (Wildman–Crippen LogP) is 0.849. The van der Waals surface area contributed by atoms with Gasteiger partial charge in [-0.2, -0.15) is 0 Å². The minimum atomic E-state index is 0.617. The van der Waals surface area contributed by atoms with Gasteiger partial charge in [0.25, 0.3) is 0 Å². The van der Waals surface area contributed by atoms with Crippen LogP contribution in [0.3, 0.4) is 0 Å². The molecule has 0 unspecified atom stereocenters. The summed E-state index contributed by atoms with van der Waals surface area (Å²) in [6, 6.07) is 0. The summed E-state index contributed by atoms with van der Waals surface area (Å²) in [5, 5.41) is 0. The van der Waals surface area contributed by atoms with Gasteiger partial charge in [0, 0.05) is 0 Å². The monoisotopic (exact) mass is 148 g/mol. The van der Waals surface area contributed by atoms with E-state index in [0.29, 0.717) is 5.69 Å². The summed E-state index contributed by atoms with van der Waals surface area (Å²) in [6.07, 6.45) is 3.31. The van der Waals surface area contributed by atoms with Crippen LogP contribution in [-0.4, -0.2) is 15.0 Å². The number of aromatic nitrogens is 3. The Morgan fingerprint density at radius 3 is 3.00 bits per heavy atom. The van der Waals surface area contributed by atoms with Gasteiger partial charge in [-0.05, 0) is 6.92 Å². The maximum Gasteiger partial charge on any atom is 0.115 e. The van der Waals surface area contributed by atoms with E-state index >= 15 is 0 Å². The van der Waals surface area contributed by atoms with Crippen LogP contribution in [0.4, 0.5) is 5.69 Å². The van der Waals surface area contributed by atoms with Crippen molar-refractivity contribution in [1.82, 2.24) is 15.0 Å². The Balaban J connectivity index is 2.90. The fourth-order valence-electron chi connectivity index (χ4n) is 1.08. The number of nitrogen functional groups attached to an aromatic ring is 1. The van der Waals surface area contributed by atoms with Gasteiger partial charge in [0.1, 0.15) is 11.3 Å². The second-order valence-electron chi connectivity index (χ2n) is 2.45. The van der Waals surface area contributed by atoms with Gasteiger partial charge in [-0.1, -0.05) is 0 Å². The molecule has 0 aliphatic rings. The summed E-state index contributed by atoms with van der Waals surface area (Å²) in [5.74, 6) is 0.861. The van der Waals surface area contributed by atoms with Crippen molar-refractivity contribution in [1.29, 1.82) is 0 Å². The fourth-order valence-corrected chi connectivity index (χ4v) is 1.08. The highest BCUT2D eigenvalue weighted by Gasteiger charge is 2.01. The Kier molecular flexibility index (Phi) is 1.09. The molecular weight excluding hydrogens is 140 g/mol. The van der Waals surface area contributed by atoms with Gasteiger partial charge in [0.2, 0.25) is 0 Å². The van der Waals surface area contributed by atoms with Crippen molar-refractivity contribution in [3.63, 3.8) is 0 Å². The summed E-state index contributed by atoms with van der Waals surface area (Å²) in [7, 11) is 0. The van der Waals surface area contributed by atoms with Crippen LogP contribution in [0.1, 0.15) is 5.82 Å². The van der Waals surface area contributed by atoms with Crippen LogP contribution in [-0.2, 0) is 0 Å². The Hall–Kier alpha value is -1.58. The SMILES string of the molecule is Cc1nc2c(N)cncc2[nH]1. The molecule has 2 aromatic rings. The van der Waals surface area contributed by atoms with Crippen LogP contribution in [0.2, 0.25) is 0 Å². The van der Waals surface area contributed by atoms with Gasteiger partial charge in [0.05, 0.1) is 23.6 Å². The number of nitrogens with one attached hydrogen (secondary N) is 1. The fraction of sp³-hybridized carbons (Fsp3) is 0.143. The van der Waals surface area contributed by atoms with Crippen LogP contribution in [0.15, 0.2) is 12.4 Å². The van der Waals surface area contributed by atoms with Crippen molar-refractivity contribution >= 4 is 16.7 Å². The molecule has 0 fully saturated rings. The van der Waals surface area contributed by atoms with Gasteiger partial charge in [-0.25, -0.2) is 4.98 Å². The third-order valence-electron chi connectivity index (χ3n) is 1.54. The number of aromatic amines is 1. The van der Waals surface area contributed by atoms with Gasteiger partial charge < -0.3 is 10.7 Å². The van der Waals surface area contributed by atoms with Crippen LogP contribution in [0.25, 0.3) is 11.0 Å². The van der Waals surface area contributed by atoms with E-state index in [9.17, 15) is 0 Å². The first-order chi connectivity index (χ1) is 5.27. The lowest BCUT2D eigenvalue weighted by atomic mass is 10.4. The number of anilines is 1. The molecule has 56 valence electrons. The largest absolute Gasteiger partial charge is 0.396 e. The lowest BCUT2D eigenvalue weighted by molar-refractivity contribution is 1.17. The lowest BCUT2D eigenvalue weighted by Gasteiger charge is -1.89. The molecule has 0 atom stereocenters. The summed E-state index contributed by atoms with van der Waals surface area (Å²) < 4.78 is 0. The summed E-state index contributed by atoms with van der Waals surface area (Å²) in [6.45, 7) is 1.89. The van der Waals surface area contributed by atoms with Crippen molar-refractivity contribution in [3.8, 4) is 0 Å². The average molecular weight is 148 g/mol. The van der Waals surface area contributed by atoms with Crippen LogP contribution in [0, 0.1) is 6.92 Å². The van der Waals surface area contributed by atoms with Crippen molar-refractivity contribution in [2.45, 2.75) is 6.92 Å². The topological polar surface area (TPSA) is 67.6 Å². The molecule has 2 aromatic heterocycles. The van der Waals surface area contributed by atoms with E-state index in [4.69, 9.17) is 5.73 Å². The summed E-state index contributed by atoms with van der Waals surface area (Å²) >= 11 is 0. The number of imidazole rings is 1. The molecule has 0 bridgehead atoms. The van der Waals surface area contributed by atoms with Crippen LogP contribution < -0.4 is 5.73 Å². The second kappa shape index (κ2) is 1.95. The molecule has 0 spiro atoms. The Morgan fingerprint density at radius 2 is 2.27 bits per heavy atom. The summed E-state index contributed by atoms with van der Waals surface area (Å²) in [5.41, 5.74) is 7.94. The van der Waals surface area contributed by atoms with E-state index in [0.717, 1.165) is 16.9 Å². The van der Waals surface area contributed by atoms with Gasteiger partial charge in [-0.3, -0.25) is 4.98 Å². The minimum absolute atomic E-state index is 0.617. The predicted molar refractivity (Wildman–Crippen MR) is 43.0 cm³/mol. The minimum Gasteiger partial charge on any atom is -0.396 e. The third-order valence-corrected chi connectivity index (χ3v) is 1.54. The molecule has 2 heterocycles. The standard InChI is InChI=1S/C7H8N4/c1-4-10-6-3-9-2-5(8)7(6)11-4/h2-3H,8H2,1H3,(H,10,11). The average Bonchev–Trinajstić information content (AvgIpc) is 2.31. The van der Waals surface area contributed by atoms with Crippen molar-refractivity contribution in [2.24, 2.45) is 0 Å². The number of hydrogen-bond donors (Lipinski definition) is 2. The second-order valence-corrected chi connectivity index (χ2v) is 2.45. The smallest absolute Gasteiger partial charge is 0.115 e. The van der Waals surface area contributed by atoms with Crippen molar-refractivity contribution in [2.75, 3.05) is 5.73 Å². The Labute approximate surface area is 63.5 Å². The molecule has 0 aliphatic heterocycles. The number of H-pyrrole nitrogens is 1. The molecule has 4 nitrogen and oxygen atoms in total. The molecule has 3 N–H and O–H groups in total. The van der Waals surface area contributed by atoms with E-state index in [-0.39, 0.29) is 0 Å². The van der Waals surface area contributed by atoms with E-state index in [1.165, 1.54) is 0 Å². The quantitative estimate of drug-likeness (QED) is 0.582. The maximum atomic E-state index is 5.62. The van der Waals surface area contributed by atoms with Crippen LogP contribution >= 0.6 is 0 Å².